The Kier molecular flexibility index (Phi) is 7.26. The largest absolute Gasteiger partial charge is 0.0789 e. The summed E-state index contributed by atoms with van der Waals surface area (Å²) in [5, 5.41) is 3.59. The summed E-state index contributed by atoms with van der Waals surface area (Å²) in [7, 11) is 1.51. The highest BCUT2D eigenvalue weighted by Crippen LogP contribution is 2.06. The van der Waals surface area contributed by atoms with Gasteiger partial charge in [0.15, 0.2) is 0 Å². The molecule has 0 spiro atoms. The molecule has 0 heterocycles. The normalized spacial score (nSPS) is 6.33. The summed E-state index contributed by atoms with van der Waals surface area (Å²) >= 11 is 5.29. The molecule has 3 heteroatoms. The molecule has 0 amide bonds. The van der Waals surface area contributed by atoms with Crippen LogP contribution < -0.4 is 0 Å². The molecule has 0 aromatic carbocycles. The average molecular weight is 277 g/mol. The fourth-order valence-corrected chi connectivity index (χ4v) is 0.974. The quantitative estimate of drug-likeness (QED) is 0.372. The second-order valence-electron chi connectivity index (χ2n) is 0.490. The Balaban J connectivity index is 2.90. The maximum Gasteiger partial charge on any atom is 0.0654 e. The number of alkyl halides is 1. The third-order valence-corrected chi connectivity index (χ3v) is 1.34. The molecule has 0 fully saturated rings. The smallest absolute Gasteiger partial charge is 0.0654 e. The molecule has 0 rings (SSSR count). The van der Waals surface area contributed by atoms with E-state index < -0.39 is 0 Å². The van der Waals surface area contributed by atoms with Crippen molar-refractivity contribution in [3.63, 3.8) is 0 Å². The van der Waals surface area contributed by atoms with E-state index in [0.29, 0.717) is 0 Å². The Labute approximate surface area is 62.2 Å². The zero-order valence-corrected chi connectivity index (χ0v) is 7.43. The lowest BCUT2D eigenvalue weighted by Gasteiger charge is -1.61. The zero-order valence-electron chi connectivity index (χ0n) is 2.87. The summed E-state index contributed by atoms with van der Waals surface area (Å²) in [6, 6.07) is 0. The Morgan fingerprint density at radius 3 is 2.67 bits per heavy atom. The van der Waals surface area contributed by atoms with E-state index in [-0.39, 0.29) is 0 Å². The lowest BCUT2D eigenvalue weighted by atomic mass is 10.8. The molecule has 0 nitrogen and oxygen atoms in total. The van der Waals surface area contributed by atoms with Gasteiger partial charge in [-0.3, -0.25) is 0 Å². The highest BCUT2D eigenvalue weighted by molar-refractivity contribution is 14.2. The molecule has 0 aromatic heterocycles. The van der Waals surface area contributed by atoms with Gasteiger partial charge in [-0.15, -0.1) is 0 Å². The number of halogens is 2. The first-order valence-corrected chi connectivity index (χ1v) is 5.71. The van der Waals surface area contributed by atoms with Crippen molar-refractivity contribution in [3.05, 3.63) is 0 Å². The van der Waals surface area contributed by atoms with Crippen LogP contribution in [0.4, 0.5) is 0 Å². The predicted molar refractivity (Wildman–Crippen MR) is 43.2 cm³/mol. The van der Waals surface area contributed by atoms with E-state index in [4.69, 9.17) is 0 Å². The minimum atomic E-state index is 0.781. The van der Waals surface area contributed by atoms with E-state index in [1.54, 1.807) is 0 Å². The van der Waals surface area contributed by atoms with Gasteiger partial charge in [-0.05, 0) is 14.2 Å². The first-order valence-electron chi connectivity index (χ1n) is 1.23. The highest BCUT2D eigenvalue weighted by atomic mass is 127. The molecule has 0 aliphatic carbocycles. The summed E-state index contributed by atoms with van der Waals surface area (Å²) in [5.74, 6) is 2.82. The summed E-state index contributed by atoms with van der Waals surface area (Å²) in [6.07, 6.45) is 0. The fraction of sp³-hybridized carbons (Fsp3) is 0.333. The van der Waals surface area contributed by atoms with Gasteiger partial charge in [-0.1, -0.05) is 21.9 Å². The predicted octanol–water partition coefficient (Wildman–Crippen LogP) is 2.43. The lowest BCUT2D eigenvalue weighted by Crippen LogP contribution is -1.50. The Hall–Kier alpha value is 1.12. The van der Waals surface area contributed by atoms with Gasteiger partial charge in [0, 0.05) is 21.2 Å². The van der Waals surface area contributed by atoms with Crippen LogP contribution in [0.5, 0.6) is 0 Å². The molecular weight excluding hydrogens is 275 g/mol. The van der Waals surface area contributed by atoms with Crippen molar-refractivity contribution < 1.29 is 0 Å². The number of rotatable bonds is 0. The van der Waals surface area contributed by atoms with Crippen molar-refractivity contribution in [3.8, 4) is 11.2 Å². The van der Waals surface area contributed by atoms with Crippen LogP contribution in [0.2, 0.25) is 0 Å². The van der Waals surface area contributed by atoms with Crippen LogP contribution >= 0.6 is 46.1 Å². The van der Waals surface area contributed by atoms with E-state index in [0.717, 1.165) is 5.33 Å². The fourth-order valence-electron chi connectivity index (χ4n) is 0.0546. The summed E-state index contributed by atoms with van der Waals surface area (Å²) in [4.78, 5) is 0. The van der Waals surface area contributed by atoms with Crippen LogP contribution in [0, 0.1) is 11.2 Å². The van der Waals surface area contributed by atoms with Crippen LogP contribution in [0.25, 0.3) is 0 Å². The molecule has 6 heavy (non-hydrogen) atoms. The van der Waals surface area contributed by atoms with Gasteiger partial charge >= 0.3 is 0 Å². The molecule has 0 aliphatic heterocycles. The molecule has 0 unspecified atom stereocenters. The van der Waals surface area contributed by atoms with E-state index >= 15 is 0 Å². The maximum atomic E-state index is 3.16. The molecule has 0 saturated heterocycles. The van der Waals surface area contributed by atoms with Crippen molar-refractivity contribution in [1.29, 1.82) is 0 Å². The van der Waals surface area contributed by atoms with Crippen molar-refractivity contribution in [2.75, 3.05) is 5.33 Å². The molecule has 34 valence electrons. The molecular formula is C3H2BrIS. The third-order valence-electron chi connectivity index (χ3n) is 0.178. The molecule has 0 radical (unpaired) electrons. The molecule has 0 atom stereocenters. The summed E-state index contributed by atoms with van der Waals surface area (Å²) < 4.78 is 0. The Morgan fingerprint density at radius 2 is 2.50 bits per heavy atom. The minimum Gasteiger partial charge on any atom is -0.0789 e. The summed E-state index contributed by atoms with van der Waals surface area (Å²) in [6.45, 7) is 0. The number of hydrogen-bond donors (Lipinski definition) is 0. The van der Waals surface area contributed by atoms with E-state index in [9.17, 15) is 0 Å². The van der Waals surface area contributed by atoms with Gasteiger partial charge in [0.1, 0.15) is 0 Å². The van der Waals surface area contributed by atoms with E-state index in [1.807, 2.05) is 0 Å². The van der Waals surface area contributed by atoms with Gasteiger partial charge in [0.2, 0.25) is 0 Å². The van der Waals surface area contributed by atoms with Crippen molar-refractivity contribution in [1.82, 2.24) is 0 Å². The zero-order chi connectivity index (χ0) is 4.83. The van der Waals surface area contributed by atoms with Crippen molar-refractivity contribution in [2.45, 2.75) is 0 Å². The second kappa shape index (κ2) is 6.12. The Bertz CT molecular complexity index is 64.6. The van der Waals surface area contributed by atoms with Crippen LogP contribution in [0.15, 0.2) is 0 Å². The molecule has 0 N–H and O–H groups in total. The third kappa shape index (κ3) is 5.12. The second-order valence-corrected chi connectivity index (χ2v) is 2.73. The molecule has 0 saturated carbocycles. The first kappa shape index (κ1) is 7.12. The topological polar surface area (TPSA) is 0 Å². The molecule has 0 aromatic rings. The standard InChI is InChI=1S/C3H2BrIS/c4-2-1-3-6-5/h2H2. The minimum absolute atomic E-state index is 0.781. The van der Waals surface area contributed by atoms with Gasteiger partial charge < -0.3 is 0 Å². The average Bonchev–Trinajstić information content (AvgIpc) is 1.61. The Morgan fingerprint density at radius 1 is 1.83 bits per heavy atom. The van der Waals surface area contributed by atoms with Crippen LogP contribution in [0.1, 0.15) is 0 Å². The van der Waals surface area contributed by atoms with Gasteiger partial charge in [0.25, 0.3) is 0 Å². The van der Waals surface area contributed by atoms with Gasteiger partial charge in [-0.2, -0.15) is 0 Å². The first-order chi connectivity index (χ1) is 2.91. The van der Waals surface area contributed by atoms with Crippen LogP contribution in [-0.4, -0.2) is 5.33 Å². The highest BCUT2D eigenvalue weighted by Gasteiger charge is 1.59. The van der Waals surface area contributed by atoms with E-state index in [2.05, 4.69) is 48.3 Å². The summed E-state index contributed by atoms with van der Waals surface area (Å²) in [5.41, 5.74) is 0. The van der Waals surface area contributed by atoms with E-state index in [1.165, 1.54) is 8.93 Å². The molecule has 0 aliphatic rings. The van der Waals surface area contributed by atoms with Crippen LogP contribution in [0.3, 0.4) is 0 Å². The monoisotopic (exact) mass is 276 g/mol. The van der Waals surface area contributed by atoms with Crippen molar-refractivity contribution >= 4 is 46.1 Å². The van der Waals surface area contributed by atoms with Gasteiger partial charge in [-0.25, -0.2) is 0 Å². The van der Waals surface area contributed by atoms with Crippen LogP contribution in [-0.2, 0) is 0 Å². The number of hydrogen-bond acceptors (Lipinski definition) is 1. The maximum absolute atomic E-state index is 3.16. The SMILES string of the molecule is BrCC#CSI. The molecule has 0 bridgehead atoms. The van der Waals surface area contributed by atoms with Crippen molar-refractivity contribution in [2.24, 2.45) is 0 Å². The lowest BCUT2D eigenvalue weighted by molar-refractivity contribution is 2.01. The van der Waals surface area contributed by atoms with Gasteiger partial charge in [0.05, 0.1) is 5.33 Å².